The minimum Gasteiger partial charge on any atom is -0.496 e. The number of benzene rings is 2. The number of hydrogen-bond acceptors (Lipinski definition) is 5. The van der Waals surface area contributed by atoms with Crippen molar-refractivity contribution in [1.29, 1.82) is 0 Å². The Balaban J connectivity index is 2.19. The summed E-state index contributed by atoms with van der Waals surface area (Å²) in [4.78, 5) is 12.2. The van der Waals surface area contributed by atoms with Crippen molar-refractivity contribution in [2.45, 2.75) is 6.42 Å². The molecule has 5 nitrogen and oxygen atoms in total. The number of hydrogen-bond donors (Lipinski definition) is 0. The molecule has 116 valence electrons. The molecule has 0 fully saturated rings. The molecule has 0 saturated carbocycles. The van der Waals surface area contributed by atoms with Gasteiger partial charge in [-0.3, -0.25) is 4.79 Å². The van der Waals surface area contributed by atoms with Crippen LogP contribution in [-0.2, 0) is 11.2 Å². The Morgan fingerprint density at radius 1 is 0.818 bits per heavy atom. The highest BCUT2D eigenvalue weighted by Crippen LogP contribution is 2.37. The molecule has 0 bridgehead atoms. The molecule has 5 heteroatoms. The normalized spacial score (nSPS) is 9.95. The minimum absolute atomic E-state index is 0.0885. The maximum atomic E-state index is 12.2. The molecule has 0 amide bonds. The standard InChI is InChI=1S/C17H18O5/c1-19-13-8-5-4-7-12(13)11-16(18)22-17-14(20-2)9-6-10-15(17)21-3/h4-10H,11H2,1-3H3. The zero-order chi connectivity index (χ0) is 15.9. The molecule has 0 aliphatic carbocycles. The molecule has 0 saturated heterocycles. The molecule has 0 N–H and O–H groups in total. The number of carbonyl (C=O) groups excluding carboxylic acids is 1. The van der Waals surface area contributed by atoms with Crippen LogP contribution in [0.1, 0.15) is 5.56 Å². The van der Waals surface area contributed by atoms with Crippen LogP contribution in [0, 0.1) is 0 Å². The molecule has 0 aliphatic rings. The molecule has 0 radical (unpaired) electrons. The second-order valence-corrected chi connectivity index (χ2v) is 4.45. The Kier molecular flexibility index (Phi) is 5.25. The molecule has 0 atom stereocenters. The molecule has 0 spiro atoms. The van der Waals surface area contributed by atoms with Gasteiger partial charge in [-0.05, 0) is 18.2 Å². The van der Waals surface area contributed by atoms with Gasteiger partial charge >= 0.3 is 5.97 Å². The highest BCUT2D eigenvalue weighted by Gasteiger charge is 2.17. The lowest BCUT2D eigenvalue weighted by Gasteiger charge is -2.13. The van der Waals surface area contributed by atoms with Gasteiger partial charge in [0.1, 0.15) is 5.75 Å². The number of carbonyl (C=O) groups is 1. The Morgan fingerprint density at radius 3 is 1.95 bits per heavy atom. The lowest BCUT2D eigenvalue weighted by Crippen LogP contribution is -2.13. The van der Waals surface area contributed by atoms with Gasteiger partial charge in [0.2, 0.25) is 5.75 Å². The van der Waals surface area contributed by atoms with Crippen LogP contribution in [0.5, 0.6) is 23.0 Å². The van der Waals surface area contributed by atoms with E-state index in [0.717, 1.165) is 5.56 Å². The van der Waals surface area contributed by atoms with E-state index in [0.29, 0.717) is 17.2 Å². The molecule has 22 heavy (non-hydrogen) atoms. The van der Waals surface area contributed by atoms with Gasteiger partial charge < -0.3 is 18.9 Å². The van der Waals surface area contributed by atoms with Crippen molar-refractivity contribution < 1.29 is 23.7 Å². The van der Waals surface area contributed by atoms with Gasteiger partial charge in [-0.1, -0.05) is 24.3 Å². The highest BCUT2D eigenvalue weighted by atomic mass is 16.6. The lowest BCUT2D eigenvalue weighted by molar-refractivity contribution is -0.133. The van der Waals surface area contributed by atoms with Gasteiger partial charge in [-0.25, -0.2) is 0 Å². The smallest absolute Gasteiger partial charge is 0.316 e. The van der Waals surface area contributed by atoms with Crippen molar-refractivity contribution in [2.24, 2.45) is 0 Å². The summed E-state index contributed by atoms with van der Waals surface area (Å²) in [6.07, 6.45) is 0.0885. The van der Waals surface area contributed by atoms with E-state index in [1.54, 1.807) is 31.4 Å². The van der Waals surface area contributed by atoms with Crippen LogP contribution in [0.25, 0.3) is 0 Å². The molecule has 0 aliphatic heterocycles. The van der Waals surface area contributed by atoms with E-state index in [-0.39, 0.29) is 12.2 Å². The fraction of sp³-hybridized carbons (Fsp3) is 0.235. The summed E-state index contributed by atoms with van der Waals surface area (Å²) in [6, 6.07) is 12.5. The van der Waals surface area contributed by atoms with Crippen LogP contribution in [0.4, 0.5) is 0 Å². The summed E-state index contributed by atoms with van der Waals surface area (Å²) >= 11 is 0. The summed E-state index contributed by atoms with van der Waals surface area (Å²) in [5.74, 6) is 1.37. The fourth-order valence-corrected chi connectivity index (χ4v) is 2.07. The average Bonchev–Trinajstić information content (AvgIpc) is 2.55. The largest absolute Gasteiger partial charge is 0.496 e. The molecular weight excluding hydrogens is 284 g/mol. The number of ether oxygens (including phenoxy) is 4. The third kappa shape index (κ3) is 3.49. The Hall–Kier alpha value is -2.69. The Bertz CT molecular complexity index is 629. The molecule has 2 aromatic carbocycles. The summed E-state index contributed by atoms with van der Waals surface area (Å²) in [7, 11) is 4.58. The second-order valence-electron chi connectivity index (χ2n) is 4.45. The van der Waals surface area contributed by atoms with E-state index in [2.05, 4.69) is 0 Å². The van der Waals surface area contributed by atoms with Crippen molar-refractivity contribution in [2.75, 3.05) is 21.3 Å². The van der Waals surface area contributed by atoms with Gasteiger partial charge in [-0.15, -0.1) is 0 Å². The molecule has 2 rings (SSSR count). The summed E-state index contributed by atoms with van der Waals surface area (Å²) in [5, 5.41) is 0. The predicted molar refractivity (Wildman–Crippen MR) is 81.9 cm³/mol. The topological polar surface area (TPSA) is 54.0 Å². The molecule has 0 unspecified atom stereocenters. The number of methoxy groups -OCH3 is 3. The van der Waals surface area contributed by atoms with E-state index in [4.69, 9.17) is 18.9 Å². The first-order valence-electron chi connectivity index (χ1n) is 6.73. The highest BCUT2D eigenvalue weighted by molar-refractivity contribution is 5.77. The number of esters is 1. The summed E-state index contributed by atoms with van der Waals surface area (Å²) < 4.78 is 21.1. The zero-order valence-electron chi connectivity index (χ0n) is 12.8. The first-order chi connectivity index (χ1) is 10.7. The van der Waals surface area contributed by atoms with Crippen molar-refractivity contribution >= 4 is 5.97 Å². The summed E-state index contributed by atoms with van der Waals surface area (Å²) in [6.45, 7) is 0. The van der Waals surface area contributed by atoms with Crippen LogP contribution in [0.2, 0.25) is 0 Å². The van der Waals surface area contributed by atoms with Gasteiger partial charge in [0.15, 0.2) is 11.5 Å². The zero-order valence-corrected chi connectivity index (χ0v) is 12.8. The Labute approximate surface area is 129 Å². The third-order valence-electron chi connectivity index (χ3n) is 3.13. The molecular formula is C17H18O5. The van der Waals surface area contributed by atoms with E-state index in [1.165, 1.54) is 14.2 Å². The lowest BCUT2D eigenvalue weighted by atomic mass is 10.1. The SMILES string of the molecule is COc1ccccc1CC(=O)Oc1c(OC)cccc1OC. The Morgan fingerprint density at radius 2 is 1.36 bits per heavy atom. The van der Waals surface area contributed by atoms with Crippen molar-refractivity contribution in [3.63, 3.8) is 0 Å². The fourth-order valence-electron chi connectivity index (χ4n) is 2.07. The predicted octanol–water partition coefficient (Wildman–Crippen LogP) is 2.86. The third-order valence-corrected chi connectivity index (χ3v) is 3.13. The van der Waals surface area contributed by atoms with Crippen LogP contribution in [0.3, 0.4) is 0 Å². The van der Waals surface area contributed by atoms with E-state index in [1.807, 2.05) is 18.2 Å². The van der Waals surface area contributed by atoms with Crippen LogP contribution in [-0.4, -0.2) is 27.3 Å². The van der Waals surface area contributed by atoms with Crippen LogP contribution in [0.15, 0.2) is 42.5 Å². The van der Waals surface area contributed by atoms with Gasteiger partial charge in [0.25, 0.3) is 0 Å². The molecule has 0 aromatic heterocycles. The first kappa shape index (κ1) is 15.7. The maximum Gasteiger partial charge on any atom is 0.316 e. The van der Waals surface area contributed by atoms with Crippen LogP contribution >= 0.6 is 0 Å². The molecule has 2 aromatic rings. The van der Waals surface area contributed by atoms with Crippen molar-refractivity contribution in [3.05, 3.63) is 48.0 Å². The van der Waals surface area contributed by atoms with E-state index < -0.39 is 5.97 Å². The number of para-hydroxylation sites is 2. The first-order valence-corrected chi connectivity index (χ1v) is 6.73. The van der Waals surface area contributed by atoms with E-state index >= 15 is 0 Å². The minimum atomic E-state index is -0.424. The molecule has 0 heterocycles. The van der Waals surface area contributed by atoms with Crippen molar-refractivity contribution in [1.82, 2.24) is 0 Å². The van der Waals surface area contributed by atoms with Gasteiger partial charge in [-0.2, -0.15) is 0 Å². The second kappa shape index (κ2) is 7.36. The van der Waals surface area contributed by atoms with Crippen LogP contribution < -0.4 is 18.9 Å². The van der Waals surface area contributed by atoms with Crippen molar-refractivity contribution in [3.8, 4) is 23.0 Å². The van der Waals surface area contributed by atoms with Gasteiger partial charge in [0, 0.05) is 5.56 Å². The number of rotatable bonds is 6. The van der Waals surface area contributed by atoms with Gasteiger partial charge in [0.05, 0.1) is 27.8 Å². The monoisotopic (exact) mass is 302 g/mol. The average molecular weight is 302 g/mol. The maximum absolute atomic E-state index is 12.2. The quantitative estimate of drug-likeness (QED) is 0.606. The van der Waals surface area contributed by atoms with E-state index in [9.17, 15) is 4.79 Å². The summed E-state index contributed by atoms with van der Waals surface area (Å²) in [5.41, 5.74) is 0.754.